The highest BCUT2D eigenvalue weighted by molar-refractivity contribution is 7.92. The Morgan fingerprint density at radius 2 is 1.68 bits per heavy atom. The summed E-state index contributed by atoms with van der Waals surface area (Å²) in [6, 6.07) is 13.1. The topological polar surface area (TPSA) is 111 Å². The lowest BCUT2D eigenvalue weighted by atomic mass is 10.3. The second-order valence-electron chi connectivity index (χ2n) is 6.29. The first-order valence-electron chi connectivity index (χ1n) is 8.59. The zero-order valence-corrected chi connectivity index (χ0v) is 16.3. The fourth-order valence-electron chi connectivity index (χ4n) is 3.14. The van der Waals surface area contributed by atoms with Crippen molar-refractivity contribution in [3.8, 4) is 0 Å². The monoisotopic (exact) mass is 416 g/mol. The highest BCUT2D eigenvalue weighted by Crippen LogP contribution is 2.35. The molecule has 0 fully saturated rings. The van der Waals surface area contributed by atoms with Gasteiger partial charge in [0.15, 0.2) is 5.65 Å². The molecular formula is C19H17ClN4O3S. The van der Waals surface area contributed by atoms with Crippen LogP contribution in [0.5, 0.6) is 0 Å². The second-order valence-corrected chi connectivity index (χ2v) is 8.61. The molecule has 0 saturated carbocycles. The molecule has 7 nitrogen and oxygen atoms in total. The average molecular weight is 417 g/mol. The number of fused-ring (bicyclic) bond motifs is 2. The normalized spacial score (nSPS) is 12.1. The molecule has 0 atom stereocenters. The molecule has 3 N–H and O–H groups in total. The third kappa shape index (κ3) is 2.99. The summed E-state index contributed by atoms with van der Waals surface area (Å²) in [7, 11) is -3.96. The van der Waals surface area contributed by atoms with Crippen molar-refractivity contribution in [2.75, 3.05) is 12.3 Å². The molecule has 2 heterocycles. The van der Waals surface area contributed by atoms with Crippen LogP contribution < -0.4 is 5.73 Å². The number of aromatic nitrogens is 3. The lowest BCUT2D eigenvalue weighted by Crippen LogP contribution is -2.09. The Balaban J connectivity index is 2.05. The number of benzene rings is 2. The van der Waals surface area contributed by atoms with Crippen LogP contribution in [0.4, 0.5) is 5.82 Å². The van der Waals surface area contributed by atoms with E-state index in [0.717, 1.165) is 0 Å². The summed E-state index contributed by atoms with van der Waals surface area (Å²) in [5, 5.41) is 9.65. The minimum Gasteiger partial charge on any atom is -0.396 e. The molecule has 0 aliphatic rings. The molecule has 28 heavy (non-hydrogen) atoms. The molecule has 9 heteroatoms. The fraction of sp³-hybridized carbons (Fsp3) is 0.158. The Morgan fingerprint density at radius 3 is 2.32 bits per heavy atom. The van der Waals surface area contributed by atoms with Crippen LogP contribution in [0.3, 0.4) is 0 Å². The number of para-hydroxylation sites is 2. The largest absolute Gasteiger partial charge is 0.396 e. The van der Waals surface area contributed by atoms with E-state index >= 15 is 0 Å². The van der Waals surface area contributed by atoms with Gasteiger partial charge >= 0.3 is 0 Å². The van der Waals surface area contributed by atoms with E-state index in [1.165, 1.54) is 24.3 Å². The van der Waals surface area contributed by atoms with E-state index < -0.39 is 9.84 Å². The van der Waals surface area contributed by atoms with Gasteiger partial charge < -0.3 is 15.4 Å². The van der Waals surface area contributed by atoms with Crippen LogP contribution in [0.1, 0.15) is 6.42 Å². The predicted octanol–water partition coefficient (Wildman–Crippen LogP) is 3.04. The summed E-state index contributed by atoms with van der Waals surface area (Å²) in [5.74, 6) is 0.0497. The van der Waals surface area contributed by atoms with Crippen molar-refractivity contribution in [2.45, 2.75) is 22.8 Å². The molecular weight excluding hydrogens is 400 g/mol. The van der Waals surface area contributed by atoms with E-state index in [2.05, 4.69) is 9.97 Å². The smallest absolute Gasteiger partial charge is 0.212 e. The maximum absolute atomic E-state index is 13.3. The van der Waals surface area contributed by atoms with Gasteiger partial charge in [-0.15, -0.1) is 0 Å². The number of halogens is 1. The molecule has 0 spiro atoms. The average Bonchev–Trinajstić information content (AvgIpc) is 2.95. The van der Waals surface area contributed by atoms with Gasteiger partial charge in [0.1, 0.15) is 16.2 Å². The number of sulfone groups is 1. The van der Waals surface area contributed by atoms with Gasteiger partial charge in [0.2, 0.25) is 9.84 Å². The van der Waals surface area contributed by atoms with Gasteiger partial charge in [-0.2, -0.15) is 0 Å². The number of aliphatic hydroxyl groups excluding tert-OH is 1. The van der Waals surface area contributed by atoms with E-state index in [9.17, 15) is 13.5 Å². The number of anilines is 1. The van der Waals surface area contributed by atoms with Crippen LogP contribution in [0, 0.1) is 0 Å². The van der Waals surface area contributed by atoms with Gasteiger partial charge in [-0.25, -0.2) is 18.4 Å². The molecule has 2 aromatic carbocycles. The molecule has 0 bridgehead atoms. The van der Waals surface area contributed by atoms with Gasteiger partial charge in [-0.3, -0.25) is 0 Å². The molecule has 0 amide bonds. The minimum atomic E-state index is -3.96. The summed E-state index contributed by atoms with van der Waals surface area (Å²) in [5.41, 5.74) is 8.06. The van der Waals surface area contributed by atoms with Crippen LogP contribution in [-0.4, -0.2) is 34.7 Å². The van der Waals surface area contributed by atoms with E-state index in [1.807, 2.05) is 12.1 Å². The number of nitrogen functional groups attached to an aromatic ring is 1. The highest BCUT2D eigenvalue weighted by Gasteiger charge is 2.30. The standard InChI is InChI=1S/C19H17ClN4O3S/c20-12-6-8-13(9-7-12)28(26,27)17-16-19(24(18(17)21)10-3-11-25)23-15-5-2-1-4-14(15)22-16/h1-2,4-9,25H,3,10-11,21H2. The molecule has 4 rings (SSSR count). The van der Waals surface area contributed by atoms with E-state index in [4.69, 9.17) is 17.3 Å². The molecule has 4 aromatic rings. The van der Waals surface area contributed by atoms with Gasteiger partial charge in [-0.05, 0) is 42.8 Å². The van der Waals surface area contributed by atoms with Gasteiger partial charge in [0, 0.05) is 18.2 Å². The van der Waals surface area contributed by atoms with E-state index in [0.29, 0.717) is 34.7 Å². The van der Waals surface area contributed by atoms with Crippen LogP contribution in [0.15, 0.2) is 58.3 Å². The third-order valence-electron chi connectivity index (χ3n) is 4.48. The Labute approximate surface area is 166 Å². The lowest BCUT2D eigenvalue weighted by Gasteiger charge is -2.07. The fourth-order valence-corrected chi connectivity index (χ4v) is 4.77. The molecule has 2 aromatic heterocycles. The molecule has 0 aliphatic heterocycles. The van der Waals surface area contributed by atoms with Crippen LogP contribution in [-0.2, 0) is 16.4 Å². The molecule has 0 unspecified atom stereocenters. The summed E-state index contributed by atoms with van der Waals surface area (Å²) in [4.78, 5) is 9.12. The summed E-state index contributed by atoms with van der Waals surface area (Å²) >= 11 is 5.89. The number of aliphatic hydroxyl groups is 1. The van der Waals surface area contributed by atoms with Crippen LogP contribution in [0.25, 0.3) is 22.2 Å². The van der Waals surface area contributed by atoms with Crippen molar-refractivity contribution in [3.63, 3.8) is 0 Å². The summed E-state index contributed by atoms with van der Waals surface area (Å²) in [6.45, 7) is 0.265. The van der Waals surface area contributed by atoms with Crippen molar-refractivity contribution in [2.24, 2.45) is 0 Å². The van der Waals surface area contributed by atoms with Gasteiger partial charge in [0.25, 0.3) is 0 Å². The Hall–Kier alpha value is -2.68. The minimum absolute atomic E-state index is 0.0497. The van der Waals surface area contributed by atoms with Gasteiger partial charge in [0.05, 0.1) is 15.9 Å². The van der Waals surface area contributed by atoms with Crippen molar-refractivity contribution in [1.29, 1.82) is 0 Å². The SMILES string of the molecule is Nc1c(S(=O)(=O)c2ccc(Cl)cc2)c2nc3ccccc3nc2n1CCCO. The quantitative estimate of drug-likeness (QED) is 0.517. The Bertz CT molecular complexity index is 1280. The number of hydrogen-bond acceptors (Lipinski definition) is 6. The first kappa shape index (κ1) is 18.7. The second kappa shape index (κ2) is 7.05. The van der Waals surface area contributed by atoms with Crippen LogP contribution in [0.2, 0.25) is 5.02 Å². The first-order valence-corrected chi connectivity index (χ1v) is 10.5. The summed E-state index contributed by atoms with van der Waals surface area (Å²) < 4.78 is 28.3. The summed E-state index contributed by atoms with van der Waals surface area (Å²) in [6.07, 6.45) is 0.406. The van der Waals surface area contributed by atoms with E-state index in [-0.39, 0.29) is 27.7 Å². The number of hydrogen-bond donors (Lipinski definition) is 2. The predicted molar refractivity (Wildman–Crippen MR) is 108 cm³/mol. The number of nitrogens with two attached hydrogens (primary N) is 1. The molecule has 0 aliphatic carbocycles. The van der Waals surface area contributed by atoms with Crippen molar-refractivity contribution in [1.82, 2.24) is 14.5 Å². The highest BCUT2D eigenvalue weighted by atomic mass is 35.5. The molecule has 144 valence electrons. The van der Waals surface area contributed by atoms with E-state index in [1.54, 1.807) is 16.7 Å². The Morgan fingerprint density at radius 1 is 1.04 bits per heavy atom. The van der Waals surface area contributed by atoms with Crippen molar-refractivity contribution in [3.05, 3.63) is 53.6 Å². The van der Waals surface area contributed by atoms with Gasteiger partial charge in [-0.1, -0.05) is 23.7 Å². The van der Waals surface area contributed by atoms with Crippen LogP contribution >= 0.6 is 11.6 Å². The lowest BCUT2D eigenvalue weighted by molar-refractivity contribution is 0.281. The zero-order chi connectivity index (χ0) is 19.9. The number of nitrogens with zero attached hydrogens (tertiary/aromatic N) is 3. The maximum atomic E-state index is 13.3. The molecule has 0 radical (unpaired) electrons. The first-order chi connectivity index (χ1) is 13.4. The third-order valence-corrected chi connectivity index (χ3v) is 6.56. The van der Waals surface area contributed by atoms with Crippen molar-refractivity contribution < 1.29 is 13.5 Å². The van der Waals surface area contributed by atoms with Crippen molar-refractivity contribution >= 4 is 49.5 Å². The zero-order valence-electron chi connectivity index (χ0n) is 14.7. The number of rotatable bonds is 5. The number of aryl methyl sites for hydroxylation is 1. The Kier molecular flexibility index (Phi) is 4.70. The maximum Gasteiger partial charge on any atom is 0.212 e. The molecule has 0 saturated heterocycles.